The van der Waals surface area contributed by atoms with Crippen LogP contribution in [0.3, 0.4) is 0 Å². The van der Waals surface area contributed by atoms with Gasteiger partial charge < -0.3 is 24.8 Å². The molecule has 0 saturated carbocycles. The van der Waals surface area contributed by atoms with Crippen LogP contribution in [0.25, 0.3) is 11.3 Å². The lowest BCUT2D eigenvalue weighted by molar-refractivity contribution is 0.201. The van der Waals surface area contributed by atoms with Crippen molar-refractivity contribution in [2.75, 3.05) is 43.1 Å². The van der Waals surface area contributed by atoms with Crippen LogP contribution in [-0.4, -0.2) is 68.4 Å². The Bertz CT molecular complexity index is 1940. The lowest BCUT2D eigenvalue weighted by Crippen LogP contribution is -2.36. The van der Waals surface area contributed by atoms with Crippen LogP contribution < -0.4 is 25.0 Å². The molecule has 1 aliphatic heterocycles. The van der Waals surface area contributed by atoms with Crippen LogP contribution in [0.15, 0.2) is 72.9 Å². The third-order valence-corrected chi connectivity index (χ3v) is 9.51. The molecule has 1 unspecified atom stereocenters. The molecule has 2 aromatic carbocycles. The van der Waals surface area contributed by atoms with Gasteiger partial charge in [-0.1, -0.05) is 51.1 Å². The Morgan fingerprint density at radius 1 is 0.920 bits per heavy atom. The lowest BCUT2D eigenvalue weighted by Gasteiger charge is -2.32. The van der Waals surface area contributed by atoms with Crippen molar-refractivity contribution in [2.45, 2.75) is 70.3 Å². The van der Waals surface area contributed by atoms with Crippen LogP contribution in [0, 0.1) is 0 Å². The first-order valence-corrected chi connectivity index (χ1v) is 17.6. The number of piperidine rings is 1. The smallest absolute Gasteiger partial charge is 0.320 e. The Morgan fingerprint density at radius 3 is 2.54 bits per heavy atom. The van der Waals surface area contributed by atoms with Crippen molar-refractivity contribution < 1.29 is 19.4 Å². The molecule has 2 amide bonds. The van der Waals surface area contributed by atoms with Gasteiger partial charge in [0.25, 0.3) is 0 Å². The van der Waals surface area contributed by atoms with Crippen LogP contribution >= 0.6 is 0 Å². The predicted octanol–water partition coefficient (Wildman–Crippen LogP) is 6.39. The summed E-state index contributed by atoms with van der Waals surface area (Å²) in [5.41, 5.74) is 4.44. The van der Waals surface area contributed by atoms with E-state index in [1.165, 1.54) is 24.8 Å². The van der Waals surface area contributed by atoms with Crippen LogP contribution in [-0.2, 0) is 5.41 Å². The Morgan fingerprint density at radius 2 is 1.74 bits per heavy atom. The number of benzene rings is 2. The van der Waals surface area contributed by atoms with Gasteiger partial charge in [0.2, 0.25) is 5.95 Å². The van der Waals surface area contributed by atoms with Crippen molar-refractivity contribution in [1.29, 1.82) is 0 Å². The molecule has 12 heteroatoms. The summed E-state index contributed by atoms with van der Waals surface area (Å²) in [5.74, 6) is 3.00. The number of nitrogens with zero attached hydrogens (tertiary/aromatic N) is 6. The van der Waals surface area contributed by atoms with Crippen molar-refractivity contribution >= 4 is 23.4 Å². The minimum absolute atomic E-state index is 0.0780. The number of carbonyl (C=O) groups is 1. The number of aromatic nitrogens is 5. The number of ether oxygens (including phenoxy) is 2. The molecular weight excluding hydrogens is 632 g/mol. The number of rotatable bonds is 10. The summed E-state index contributed by atoms with van der Waals surface area (Å²) in [6.07, 6.45) is 7.24. The van der Waals surface area contributed by atoms with E-state index in [9.17, 15) is 9.90 Å². The van der Waals surface area contributed by atoms with E-state index in [-0.39, 0.29) is 36.6 Å². The second-order valence-corrected chi connectivity index (χ2v) is 14.2. The first kappa shape index (κ1) is 33.4. The molecule has 5 aromatic rings. The number of aliphatic hydroxyl groups excluding tert-OH is 1. The molecule has 1 aliphatic carbocycles. The summed E-state index contributed by atoms with van der Waals surface area (Å²) >= 11 is 0. The maximum atomic E-state index is 13.6. The van der Waals surface area contributed by atoms with Gasteiger partial charge in [-0.3, -0.25) is 9.72 Å². The molecule has 4 heterocycles. The summed E-state index contributed by atoms with van der Waals surface area (Å²) in [6, 6.07) is 21.1. The summed E-state index contributed by atoms with van der Waals surface area (Å²) in [7, 11) is 0. The Kier molecular flexibility index (Phi) is 9.62. The molecule has 1 fully saturated rings. The van der Waals surface area contributed by atoms with Gasteiger partial charge in [-0.15, -0.1) is 10.2 Å². The summed E-state index contributed by atoms with van der Waals surface area (Å²) in [4.78, 5) is 15.9. The van der Waals surface area contributed by atoms with E-state index < -0.39 is 0 Å². The van der Waals surface area contributed by atoms with Gasteiger partial charge in [-0.2, -0.15) is 5.10 Å². The van der Waals surface area contributed by atoms with Crippen LogP contribution in [0.5, 0.6) is 11.5 Å². The Labute approximate surface area is 292 Å². The molecular formula is C38H46N8O4. The second kappa shape index (κ2) is 14.4. The number of urea groups is 1. The quantitative estimate of drug-likeness (QED) is 0.155. The van der Waals surface area contributed by atoms with Crippen LogP contribution in [0.1, 0.15) is 81.7 Å². The van der Waals surface area contributed by atoms with E-state index in [2.05, 4.69) is 58.6 Å². The van der Waals surface area contributed by atoms with Crippen molar-refractivity contribution in [3.8, 4) is 17.2 Å². The summed E-state index contributed by atoms with van der Waals surface area (Å²) in [6.45, 7) is 8.89. The van der Waals surface area contributed by atoms with Gasteiger partial charge in [0.05, 0.1) is 36.8 Å². The number of amides is 2. The van der Waals surface area contributed by atoms with E-state index >= 15 is 0 Å². The van der Waals surface area contributed by atoms with Crippen LogP contribution in [0.4, 0.5) is 16.6 Å². The van der Waals surface area contributed by atoms with Crippen molar-refractivity contribution in [2.24, 2.45) is 0 Å². The van der Waals surface area contributed by atoms with E-state index in [0.29, 0.717) is 18.2 Å². The maximum absolute atomic E-state index is 13.6. The van der Waals surface area contributed by atoms with Gasteiger partial charge >= 0.3 is 6.03 Å². The van der Waals surface area contributed by atoms with E-state index in [1.807, 2.05) is 65.2 Å². The molecule has 3 aromatic heterocycles. The van der Waals surface area contributed by atoms with Gasteiger partial charge in [-0.05, 0) is 67.5 Å². The number of carbonyl (C=O) groups excluding carboxylic acids is 1. The molecule has 0 radical (unpaired) electrons. The number of anilines is 2. The molecule has 2 atom stereocenters. The fourth-order valence-electron chi connectivity index (χ4n) is 6.87. The van der Waals surface area contributed by atoms with Crippen molar-refractivity contribution in [3.63, 3.8) is 0 Å². The SMILES string of the molecule is CC(C)(C)c1cc(NC(=O)N[C@H]2CCC(COc3ccc4nnc(N5CCCCC5)n4c3)c3ccccc32)n(-c2cccc(OCCO)c2)n1. The van der Waals surface area contributed by atoms with Gasteiger partial charge in [-0.25, -0.2) is 9.48 Å². The molecule has 0 spiro atoms. The van der Waals surface area contributed by atoms with Crippen LogP contribution in [0.2, 0.25) is 0 Å². The largest absolute Gasteiger partial charge is 0.491 e. The van der Waals surface area contributed by atoms with E-state index in [4.69, 9.17) is 14.6 Å². The normalized spacial score (nSPS) is 17.7. The molecule has 50 heavy (non-hydrogen) atoms. The zero-order valence-corrected chi connectivity index (χ0v) is 29.0. The fraction of sp³-hybridized carbons (Fsp3) is 0.421. The zero-order valence-electron chi connectivity index (χ0n) is 29.0. The van der Waals surface area contributed by atoms with E-state index in [1.54, 1.807) is 4.68 Å². The highest BCUT2D eigenvalue weighted by molar-refractivity contribution is 5.89. The van der Waals surface area contributed by atoms with Crippen molar-refractivity contribution in [3.05, 3.63) is 89.7 Å². The average Bonchev–Trinajstić information content (AvgIpc) is 3.75. The fourth-order valence-corrected chi connectivity index (χ4v) is 6.87. The lowest BCUT2D eigenvalue weighted by atomic mass is 9.80. The number of aliphatic hydroxyl groups is 1. The molecule has 262 valence electrons. The molecule has 3 N–H and O–H groups in total. The highest BCUT2D eigenvalue weighted by Gasteiger charge is 2.29. The second-order valence-electron chi connectivity index (χ2n) is 14.2. The molecule has 0 bridgehead atoms. The number of fused-ring (bicyclic) bond motifs is 2. The van der Waals surface area contributed by atoms with Gasteiger partial charge in [0.1, 0.15) is 23.9 Å². The number of hydrogen-bond acceptors (Lipinski definition) is 8. The first-order valence-electron chi connectivity index (χ1n) is 17.6. The van der Waals surface area contributed by atoms with Gasteiger partial charge in [0.15, 0.2) is 5.65 Å². The van der Waals surface area contributed by atoms with Gasteiger partial charge in [0, 0.05) is 36.6 Å². The maximum Gasteiger partial charge on any atom is 0.320 e. The molecule has 2 aliphatic rings. The number of nitrogens with one attached hydrogen (secondary N) is 2. The molecule has 1 saturated heterocycles. The third-order valence-electron chi connectivity index (χ3n) is 9.51. The predicted molar refractivity (Wildman–Crippen MR) is 193 cm³/mol. The first-order chi connectivity index (χ1) is 24.3. The molecule has 7 rings (SSSR count). The highest BCUT2D eigenvalue weighted by Crippen LogP contribution is 2.38. The van der Waals surface area contributed by atoms with Crippen molar-refractivity contribution in [1.82, 2.24) is 29.7 Å². The van der Waals surface area contributed by atoms with E-state index in [0.717, 1.165) is 60.2 Å². The summed E-state index contributed by atoms with van der Waals surface area (Å²) in [5, 5.41) is 29.2. The third kappa shape index (κ3) is 7.25. The zero-order chi connectivity index (χ0) is 34.7. The Hall–Kier alpha value is -5.10. The molecule has 12 nitrogen and oxygen atoms in total. The number of hydrogen-bond donors (Lipinski definition) is 3. The number of pyridine rings is 1. The minimum Gasteiger partial charge on any atom is -0.491 e. The highest BCUT2D eigenvalue weighted by atomic mass is 16.5. The monoisotopic (exact) mass is 678 g/mol. The topological polar surface area (TPSA) is 131 Å². The minimum atomic E-state index is -0.305. The average molecular weight is 679 g/mol. The summed E-state index contributed by atoms with van der Waals surface area (Å²) < 4.78 is 15.8. The standard InChI is InChI=1S/C38H46N8O4/c1-38(2,3)33-23-35(46(43-33)27-10-9-11-28(22-27)49-21-20-47)40-36(48)39-32-16-14-26(30-12-5-6-13-31(30)32)25-50-29-15-17-34-41-42-37(45(34)24-29)44-18-7-4-8-19-44/h5-6,9-13,15,17,22-24,26,32,47H,4,7-8,14,16,18-21,25H2,1-3H3,(H2,39,40,48)/t26?,32-/m0/s1. The Balaban J connectivity index is 1.04.